The van der Waals surface area contributed by atoms with Gasteiger partial charge in [0.15, 0.2) is 0 Å². The maximum Gasteiger partial charge on any atom is 0.249 e. The predicted octanol–water partition coefficient (Wildman–Crippen LogP) is 4.48. The summed E-state index contributed by atoms with van der Waals surface area (Å²) in [5.41, 5.74) is 7.63. The topological polar surface area (TPSA) is 157 Å². The van der Waals surface area contributed by atoms with Crippen molar-refractivity contribution in [1.29, 1.82) is 0 Å². The molecule has 1 unspecified atom stereocenters. The number of aromatic nitrogens is 3. The van der Waals surface area contributed by atoms with Crippen LogP contribution in [0.3, 0.4) is 0 Å². The number of imide groups is 1. The molecule has 0 spiro atoms. The van der Waals surface area contributed by atoms with E-state index in [-0.39, 0.29) is 30.0 Å². The van der Waals surface area contributed by atoms with Gasteiger partial charge in [-0.05, 0) is 66.4 Å². The molecule has 5 aromatic rings. The molecule has 6 heterocycles. The Balaban J connectivity index is 0.745. The summed E-state index contributed by atoms with van der Waals surface area (Å²) < 4.78 is 20.8. The summed E-state index contributed by atoms with van der Waals surface area (Å²) in [7, 11) is 0. The first kappa shape index (κ1) is 36.3. The fourth-order valence-electron chi connectivity index (χ4n) is 7.99. The molecule has 0 aliphatic carbocycles. The Morgan fingerprint density at radius 3 is 2.56 bits per heavy atom. The molecule has 4 N–H and O–H groups in total. The van der Waals surface area contributed by atoms with Gasteiger partial charge in [0.2, 0.25) is 29.5 Å². The fraction of sp³-hybridized carbons (Fsp3) is 0.333. The van der Waals surface area contributed by atoms with Crippen LogP contribution in [0.25, 0.3) is 22.0 Å². The van der Waals surface area contributed by atoms with Crippen molar-refractivity contribution < 1.29 is 23.5 Å². The average Bonchev–Trinajstić information content (AvgIpc) is 3.20. The molecule has 14 nitrogen and oxygen atoms in total. The van der Waals surface area contributed by atoms with Gasteiger partial charge < -0.3 is 30.5 Å². The zero-order valence-electron chi connectivity index (χ0n) is 31.6. The number of ether oxygens (including phenoxy) is 1. The molecule has 1 atom stereocenters. The summed E-state index contributed by atoms with van der Waals surface area (Å²) in [6.45, 7) is 7.67. The lowest BCUT2D eigenvalue weighted by Gasteiger charge is -2.49. The Kier molecular flexibility index (Phi) is 9.74. The molecule has 3 fully saturated rings. The van der Waals surface area contributed by atoms with Gasteiger partial charge >= 0.3 is 0 Å². The second kappa shape index (κ2) is 15.3. The van der Waals surface area contributed by atoms with E-state index in [1.807, 2.05) is 52.4 Å². The number of amides is 3. The summed E-state index contributed by atoms with van der Waals surface area (Å²) in [6.07, 6.45) is 4.60. The number of carbonyl (C=O) groups excluding carboxylic acids is 3. The molecule has 57 heavy (non-hydrogen) atoms. The van der Waals surface area contributed by atoms with E-state index in [4.69, 9.17) is 9.72 Å². The molecule has 15 heteroatoms. The van der Waals surface area contributed by atoms with Crippen LogP contribution in [0.15, 0.2) is 73.1 Å². The van der Waals surface area contributed by atoms with E-state index in [9.17, 15) is 14.4 Å². The van der Waals surface area contributed by atoms with Crippen LogP contribution in [0.4, 0.5) is 33.1 Å². The van der Waals surface area contributed by atoms with Gasteiger partial charge in [-0.25, -0.2) is 19.3 Å². The van der Waals surface area contributed by atoms with Crippen molar-refractivity contribution in [2.45, 2.75) is 38.3 Å². The summed E-state index contributed by atoms with van der Waals surface area (Å²) in [6, 6.07) is 18.5. The first-order valence-electron chi connectivity index (χ1n) is 19.4. The number of fused-ring (bicyclic) bond motifs is 2. The highest BCUT2D eigenvalue weighted by Gasteiger charge is 2.35. The van der Waals surface area contributed by atoms with Crippen LogP contribution in [0, 0.1) is 12.7 Å². The maximum absolute atomic E-state index is 15.1. The van der Waals surface area contributed by atoms with Crippen molar-refractivity contribution >= 4 is 57.3 Å². The number of pyridine rings is 1. The zero-order chi connectivity index (χ0) is 39.0. The van der Waals surface area contributed by atoms with Crippen LogP contribution in [0.2, 0.25) is 0 Å². The summed E-state index contributed by atoms with van der Waals surface area (Å²) in [4.78, 5) is 56.9. The van der Waals surface area contributed by atoms with Crippen LogP contribution in [-0.4, -0.2) is 107 Å². The molecule has 292 valence electrons. The second-order valence-corrected chi connectivity index (χ2v) is 15.0. The highest BCUT2D eigenvalue weighted by atomic mass is 19.1. The van der Waals surface area contributed by atoms with E-state index in [2.05, 4.69) is 49.1 Å². The Morgan fingerprint density at radius 1 is 0.965 bits per heavy atom. The molecule has 4 aliphatic heterocycles. The molecule has 4 aliphatic rings. The van der Waals surface area contributed by atoms with Gasteiger partial charge in [-0.1, -0.05) is 24.3 Å². The second-order valence-electron chi connectivity index (χ2n) is 15.0. The van der Waals surface area contributed by atoms with Crippen molar-refractivity contribution in [1.82, 2.24) is 30.1 Å². The Bertz CT molecular complexity index is 2360. The number of carbonyl (C=O) groups is 3. The first-order valence-corrected chi connectivity index (χ1v) is 19.4. The van der Waals surface area contributed by atoms with E-state index in [1.165, 1.54) is 6.07 Å². The summed E-state index contributed by atoms with van der Waals surface area (Å²) in [5.74, 6) is 0.178. The van der Waals surface area contributed by atoms with Crippen molar-refractivity contribution in [3.8, 4) is 17.0 Å². The van der Waals surface area contributed by atoms with Crippen molar-refractivity contribution in [3.05, 3.63) is 90.0 Å². The van der Waals surface area contributed by atoms with E-state index in [0.717, 1.165) is 64.2 Å². The number of hydrogen-bond donors (Lipinski definition) is 4. The molecule has 3 amide bonds. The molecule has 2 aromatic heterocycles. The minimum absolute atomic E-state index is 0.0972. The third-order valence-electron chi connectivity index (χ3n) is 11.3. The maximum atomic E-state index is 15.1. The minimum atomic E-state index is -0.563. The van der Waals surface area contributed by atoms with E-state index in [1.54, 1.807) is 18.3 Å². The van der Waals surface area contributed by atoms with Crippen LogP contribution in [0.1, 0.15) is 24.0 Å². The minimum Gasteiger partial charge on any atom is -0.474 e. The van der Waals surface area contributed by atoms with Crippen LogP contribution in [0.5, 0.6) is 5.88 Å². The van der Waals surface area contributed by atoms with Gasteiger partial charge in [-0.15, -0.1) is 0 Å². The average molecular weight is 771 g/mol. The molecule has 0 radical (unpaired) electrons. The number of halogens is 1. The lowest BCUT2D eigenvalue weighted by atomic mass is 10.00. The highest BCUT2D eigenvalue weighted by molar-refractivity contribution is 6.01. The molecule has 3 aromatic carbocycles. The number of benzene rings is 3. The van der Waals surface area contributed by atoms with Crippen molar-refractivity contribution in [3.63, 3.8) is 0 Å². The number of piperazine rings is 1. The van der Waals surface area contributed by atoms with Crippen molar-refractivity contribution in [2.24, 2.45) is 0 Å². The zero-order valence-corrected chi connectivity index (χ0v) is 31.6. The molecular weight excluding hydrogens is 728 g/mol. The first-order chi connectivity index (χ1) is 27.7. The van der Waals surface area contributed by atoms with Crippen LogP contribution < -0.4 is 30.9 Å². The molecule has 0 saturated carbocycles. The largest absolute Gasteiger partial charge is 0.474 e. The summed E-state index contributed by atoms with van der Waals surface area (Å²) in [5, 5.41) is 13.0. The molecule has 0 bridgehead atoms. The van der Waals surface area contributed by atoms with E-state index in [0.29, 0.717) is 74.9 Å². The number of hydrogen-bond acceptors (Lipinski definition) is 12. The standard InChI is InChI=1S/C42H43FN10O4/c1-25-32(22-45-41-39(25)44-12-17-57-41)27-4-5-28-21-46-42(49-35(28)19-27)48-29-6-2-26(3-7-29)18-38(55)52-15-13-51(14-16-52)31-23-53(24-31)36-10-8-30(20-33(36)43)47-34-9-11-37(54)50-40(34)56/h2-8,10,19-22,31,34,44,47H,9,11-18,23-24H2,1H3,(H,46,48,49)(H,50,54,56). The predicted molar refractivity (Wildman–Crippen MR) is 215 cm³/mol. The number of anilines is 5. The van der Waals surface area contributed by atoms with Crippen LogP contribution >= 0.6 is 0 Å². The fourth-order valence-corrected chi connectivity index (χ4v) is 7.99. The number of nitrogens with zero attached hydrogens (tertiary/aromatic N) is 6. The van der Waals surface area contributed by atoms with Gasteiger partial charge in [0.05, 0.1) is 17.6 Å². The molecule has 9 rings (SSSR count). The van der Waals surface area contributed by atoms with Gasteiger partial charge in [0, 0.05) is 93.0 Å². The molecule has 3 saturated heterocycles. The van der Waals surface area contributed by atoms with Gasteiger partial charge in [0.1, 0.15) is 24.2 Å². The van der Waals surface area contributed by atoms with Gasteiger partial charge in [0.25, 0.3) is 0 Å². The van der Waals surface area contributed by atoms with Crippen LogP contribution in [-0.2, 0) is 20.8 Å². The monoisotopic (exact) mass is 770 g/mol. The smallest absolute Gasteiger partial charge is 0.249 e. The number of piperidine rings is 1. The van der Waals surface area contributed by atoms with E-state index < -0.39 is 6.04 Å². The Morgan fingerprint density at radius 2 is 1.77 bits per heavy atom. The third kappa shape index (κ3) is 7.62. The number of nitrogens with one attached hydrogen (secondary N) is 4. The van der Waals surface area contributed by atoms with E-state index >= 15 is 4.39 Å². The van der Waals surface area contributed by atoms with Crippen molar-refractivity contribution in [2.75, 3.05) is 73.3 Å². The highest BCUT2D eigenvalue weighted by Crippen LogP contribution is 2.36. The summed E-state index contributed by atoms with van der Waals surface area (Å²) >= 11 is 0. The van der Waals surface area contributed by atoms with Gasteiger partial charge in [-0.3, -0.25) is 24.6 Å². The third-order valence-corrected chi connectivity index (χ3v) is 11.3. The number of rotatable bonds is 9. The SMILES string of the molecule is Cc1c(-c2ccc3cnc(Nc4ccc(CC(=O)N5CCN(C6CN(c7ccc(NC8CCC(=O)NC8=O)cc7F)C6)CC5)cc4)nc3c2)cnc2c1NCCO2. The van der Waals surface area contributed by atoms with Gasteiger partial charge in [-0.2, -0.15) is 0 Å². The lowest BCUT2D eigenvalue weighted by molar-refractivity contribution is -0.134. The quantitative estimate of drug-likeness (QED) is 0.156. The lowest BCUT2D eigenvalue weighted by Crippen LogP contribution is -2.63. The Labute approximate surface area is 328 Å². The normalized spacial score (nSPS) is 18.6. The Hall–Kier alpha value is -6.35. The molecular formula is C42H43FN10O4.